The van der Waals surface area contributed by atoms with Gasteiger partial charge in [0, 0.05) is 64.8 Å². The molecular formula is C31H26F3N7O. The third-order valence-corrected chi connectivity index (χ3v) is 7.08. The van der Waals surface area contributed by atoms with Gasteiger partial charge in [-0.05, 0) is 66.4 Å². The number of carbonyl (C=O) groups excluding carboxylic acids is 1. The summed E-state index contributed by atoms with van der Waals surface area (Å²) in [5, 5.41) is 7.69. The van der Waals surface area contributed by atoms with Crippen molar-refractivity contribution in [2.45, 2.75) is 25.9 Å². The number of amides is 1. The van der Waals surface area contributed by atoms with Crippen molar-refractivity contribution in [2.24, 2.45) is 0 Å². The quantitative estimate of drug-likeness (QED) is 0.146. The van der Waals surface area contributed by atoms with Gasteiger partial charge in [0.2, 0.25) is 0 Å². The van der Waals surface area contributed by atoms with Gasteiger partial charge in [-0.2, -0.15) is 13.2 Å². The van der Waals surface area contributed by atoms with Crippen LogP contribution < -0.4 is 10.6 Å². The molecule has 3 aromatic carbocycles. The molecule has 8 nitrogen and oxygen atoms in total. The highest BCUT2D eigenvalue weighted by molar-refractivity contribution is 6.07. The highest BCUT2D eigenvalue weighted by Gasteiger charge is 2.32. The Morgan fingerprint density at radius 2 is 1.86 bits per heavy atom. The number of rotatable bonds is 8. The van der Waals surface area contributed by atoms with Crippen LogP contribution in [-0.2, 0) is 12.6 Å². The zero-order chi connectivity index (χ0) is 29.3. The molecule has 0 atom stereocenters. The van der Waals surface area contributed by atoms with Crippen LogP contribution in [0.3, 0.4) is 0 Å². The molecule has 0 aliphatic carbocycles. The van der Waals surface area contributed by atoms with Gasteiger partial charge >= 0.3 is 6.18 Å². The molecule has 11 heteroatoms. The molecule has 0 saturated carbocycles. The first-order valence-electron chi connectivity index (χ1n) is 13.3. The van der Waals surface area contributed by atoms with Crippen molar-refractivity contribution in [3.63, 3.8) is 0 Å². The molecule has 0 fully saturated rings. The average molecular weight is 570 g/mol. The van der Waals surface area contributed by atoms with Crippen LogP contribution in [0.15, 0.2) is 79.5 Å². The van der Waals surface area contributed by atoms with Gasteiger partial charge in [0.15, 0.2) is 0 Å². The third kappa shape index (κ3) is 5.67. The van der Waals surface area contributed by atoms with E-state index in [1.807, 2.05) is 37.3 Å². The molecule has 0 saturated heterocycles. The first-order valence-corrected chi connectivity index (χ1v) is 13.3. The molecule has 6 aromatic rings. The van der Waals surface area contributed by atoms with E-state index >= 15 is 0 Å². The summed E-state index contributed by atoms with van der Waals surface area (Å²) in [4.78, 5) is 32.0. The Morgan fingerprint density at radius 1 is 0.976 bits per heavy atom. The molecule has 3 aromatic heterocycles. The van der Waals surface area contributed by atoms with Crippen LogP contribution in [0.4, 0.5) is 24.5 Å². The number of carbonyl (C=O) groups is 1. The highest BCUT2D eigenvalue weighted by Crippen LogP contribution is 2.34. The second kappa shape index (κ2) is 11.0. The van der Waals surface area contributed by atoms with Gasteiger partial charge in [-0.1, -0.05) is 18.2 Å². The van der Waals surface area contributed by atoms with Crippen molar-refractivity contribution in [3.05, 3.63) is 102 Å². The highest BCUT2D eigenvalue weighted by atomic mass is 19.4. The molecule has 1 amide bonds. The summed E-state index contributed by atoms with van der Waals surface area (Å²) in [7, 11) is 0. The lowest BCUT2D eigenvalue weighted by atomic mass is 9.98. The van der Waals surface area contributed by atoms with Crippen molar-refractivity contribution in [1.29, 1.82) is 0 Å². The molecule has 6 rings (SSSR count). The maximum Gasteiger partial charge on any atom is 0.416 e. The van der Waals surface area contributed by atoms with Gasteiger partial charge in [-0.3, -0.25) is 4.79 Å². The molecule has 212 valence electrons. The summed E-state index contributed by atoms with van der Waals surface area (Å²) < 4.78 is 41.1. The molecular weight excluding hydrogens is 543 g/mol. The van der Waals surface area contributed by atoms with E-state index in [1.54, 1.807) is 24.7 Å². The van der Waals surface area contributed by atoms with Gasteiger partial charge < -0.3 is 20.6 Å². The number of alkyl halides is 3. The van der Waals surface area contributed by atoms with Gasteiger partial charge in [0.1, 0.15) is 17.8 Å². The van der Waals surface area contributed by atoms with Crippen molar-refractivity contribution >= 4 is 39.2 Å². The number of fused-ring (bicyclic) bond motifs is 3. The van der Waals surface area contributed by atoms with Gasteiger partial charge in [0.25, 0.3) is 5.91 Å². The number of hydrogen-bond donors (Lipinski definition) is 4. The number of nitrogens with zero attached hydrogens (tertiary/aromatic N) is 3. The standard InChI is InChI=1S/C31H26F3N7O/c1-18-4-6-22(15-25(18)19-5-7-24-26-16-35-17-39-29(26)41-27(24)13-19)40-30(42)20-11-21(31(32,33)34)14-23(12-20)36-8-2-3-28-37-9-10-38-28/h4-7,9-17,36H,2-3,8H2,1H3,(H,37,38)(H,40,42)(H,35,39,41). The number of aromatic nitrogens is 5. The Labute approximate surface area is 238 Å². The minimum Gasteiger partial charge on any atom is -0.385 e. The van der Waals surface area contributed by atoms with Crippen molar-refractivity contribution in [3.8, 4) is 11.1 Å². The normalized spacial score (nSPS) is 11.7. The zero-order valence-corrected chi connectivity index (χ0v) is 22.5. The Balaban J connectivity index is 1.23. The summed E-state index contributed by atoms with van der Waals surface area (Å²) in [5.74, 6) is 0.160. The van der Waals surface area contributed by atoms with Crippen molar-refractivity contribution in [1.82, 2.24) is 24.9 Å². The maximum absolute atomic E-state index is 13.7. The van der Waals surface area contributed by atoms with E-state index < -0.39 is 17.6 Å². The lowest BCUT2D eigenvalue weighted by molar-refractivity contribution is -0.137. The number of nitrogens with one attached hydrogen (secondary N) is 4. The van der Waals surface area contributed by atoms with E-state index in [0.717, 1.165) is 56.6 Å². The van der Waals surface area contributed by atoms with E-state index in [-0.39, 0.29) is 11.3 Å². The van der Waals surface area contributed by atoms with Crippen LogP contribution in [0, 0.1) is 6.92 Å². The minimum atomic E-state index is -4.61. The summed E-state index contributed by atoms with van der Waals surface area (Å²) in [5.41, 5.74) is 4.09. The average Bonchev–Trinajstić information content (AvgIpc) is 3.63. The monoisotopic (exact) mass is 569 g/mol. The predicted octanol–water partition coefficient (Wildman–Crippen LogP) is 7.13. The zero-order valence-electron chi connectivity index (χ0n) is 22.5. The topological polar surface area (TPSA) is 111 Å². The Morgan fingerprint density at radius 3 is 2.67 bits per heavy atom. The number of halogens is 3. The number of benzene rings is 3. The van der Waals surface area contributed by atoms with Crippen LogP contribution in [0.1, 0.15) is 33.7 Å². The molecule has 0 aliphatic heterocycles. The number of hydrogen-bond acceptors (Lipinski definition) is 5. The molecule has 0 spiro atoms. The molecule has 4 N–H and O–H groups in total. The summed E-state index contributed by atoms with van der Waals surface area (Å²) >= 11 is 0. The SMILES string of the molecule is Cc1ccc(NC(=O)c2cc(NCCCc3ncc[nH]3)cc(C(F)(F)F)c2)cc1-c1ccc2c(c1)[nH]c1ncncc12. The van der Waals surface area contributed by atoms with Gasteiger partial charge in [-0.15, -0.1) is 0 Å². The molecule has 0 aliphatic rings. The van der Waals surface area contributed by atoms with Crippen LogP contribution in [0.5, 0.6) is 0 Å². The lowest BCUT2D eigenvalue weighted by Gasteiger charge is -2.15. The van der Waals surface area contributed by atoms with Crippen molar-refractivity contribution < 1.29 is 18.0 Å². The number of imidazole rings is 1. The summed E-state index contributed by atoms with van der Waals surface area (Å²) in [6.07, 6.45) is 3.30. The minimum absolute atomic E-state index is 0.0962. The van der Waals surface area contributed by atoms with E-state index in [4.69, 9.17) is 0 Å². The van der Waals surface area contributed by atoms with Gasteiger partial charge in [-0.25, -0.2) is 15.0 Å². The fourth-order valence-corrected chi connectivity index (χ4v) is 4.97. The second-order valence-electron chi connectivity index (χ2n) is 10.0. The molecule has 3 heterocycles. The van der Waals surface area contributed by atoms with Gasteiger partial charge in [0.05, 0.1) is 5.56 Å². The van der Waals surface area contributed by atoms with Crippen LogP contribution in [-0.4, -0.2) is 37.4 Å². The van der Waals surface area contributed by atoms with Crippen molar-refractivity contribution in [2.75, 3.05) is 17.2 Å². The second-order valence-corrected chi connectivity index (χ2v) is 10.0. The molecule has 42 heavy (non-hydrogen) atoms. The largest absolute Gasteiger partial charge is 0.416 e. The Hall–Kier alpha value is -5.19. The molecule has 0 radical (unpaired) electrons. The van der Waals surface area contributed by atoms with E-state index in [0.29, 0.717) is 25.1 Å². The first kappa shape index (κ1) is 27.0. The van der Waals surface area contributed by atoms with Crippen LogP contribution in [0.25, 0.3) is 33.1 Å². The van der Waals surface area contributed by atoms with E-state index in [9.17, 15) is 18.0 Å². The molecule has 0 bridgehead atoms. The Kier molecular flexibility index (Phi) is 7.07. The summed E-state index contributed by atoms with van der Waals surface area (Å²) in [6, 6.07) is 14.7. The number of aromatic amines is 2. The predicted molar refractivity (Wildman–Crippen MR) is 156 cm³/mol. The first-order chi connectivity index (χ1) is 20.2. The Bertz CT molecular complexity index is 1890. The van der Waals surface area contributed by atoms with E-state index in [2.05, 4.69) is 35.6 Å². The molecule has 0 unspecified atom stereocenters. The summed E-state index contributed by atoms with van der Waals surface area (Å²) in [6.45, 7) is 2.37. The number of aryl methyl sites for hydroxylation is 2. The maximum atomic E-state index is 13.7. The fraction of sp³-hybridized carbons (Fsp3) is 0.161. The smallest absolute Gasteiger partial charge is 0.385 e. The van der Waals surface area contributed by atoms with E-state index in [1.165, 1.54) is 12.4 Å². The van der Waals surface area contributed by atoms with Crippen LogP contribution >= 0.6 is 0 Å². The lowest BCUT2D eigenvalue weighted by Crippen LogP contribution is -2.15. The fourth-order valence-electron chi connectivity index (χ4n) is 4.97. The number of anilines is 2. The number of H-pyrrole nitrogens is 2. The third-order valence-electron chi connectivity index (χ3n) is 7.08. The van der Waals surface area contributed by atoms with Crippen LogP contribution in [0.2, 0.25) is 0 Å².